The van der Waals surface area contributed by atoms with Crippen molar-refractivity contribution in [3.05, 3.63) is 12.7 Å². The van der Waals surface area contributed by atoms with Gasteiger partial charge in [-0.15, -0.1) is 6.58 Å². The summed E-state index contributed by atoms with van der Waals surface area (Å²) in [7, 11) is 0.857. The first-order chi connectivity index (χ1) is 6.74. The highest BCUT2D eigenvalue weighted by Gasteiger charge is 2.40. The Labute approximate surface area is 91.8 Å². The number of rotatable bonds is 9. The van der Waals surface area contributed by atoms with Crippen molar-refractivity contribution in [2.75, 3.05) is 26.6 Å². The van der Waals surface area contributed by atoms with Crippen molar-refractivity contribution in [1.82, 2.24) is 0 Å². The van der Waals surface area contributed by atoms with E-state index in [1.165, 1.54) is 0 Å². The molecule has 0 saturated heterocycles. The molecule has 0 heterocycles. The fraction of sp³-hybridized carbons (Fsp3) is 0.778. The second kappa shape index (κ2) is 8.49. The third-order valence-electron chi connectivity index (χ3n) is 1.58. The molecule has 0 amide bonds. The van der Waals surface area contributed by atoms with Gasteiger partial charge in [-0.1, -0.05) is 24.2 Å². The first-order valence-corrected chi connectivity index (χ1v) is 8.17. The summed E-state index contributed by atoms with van der Waals surface area (Å²) >= 11 is 1.66. The van der Waals surface area contributed by atoms with Crippen LogP contribution in [0.5, 0.6) is 0 Å². The van der Waals surface area contributed by atoms with Crippen molar-refractivity contribution < 1.29 is 13.3 Å². The van der Waals surface area contributed by atoms with Crippen molar-refractivity contribution in [1.29, 1.82) is 0 Å². The Morgan fingerprint density at radius 3 is 2.43 bits per heavy atom. The van der Waals surface area contributed by atoms with Crippen LogP contribution in [0.2, 0.25) is 0 Å². The average Bonchev–Trinajstić information content (AvgIpc) is 2.24. The molecule has 0 aliphatic carbocycles. The Balaban J connectivity index is 3.99. The highest BCUT2D eigenvalue weighted by molar-refractivity contribution is 8.26. The summed E-state index contributed by atoms with van der Waals surface area (Å²) in [6.07, 6.45) is 3.75. The Bertz CT molecular complexity index is 151. The van der Waals surface area contributed by atoms with Crippen LogP contribution < -0.4 is 0 Å². The summed E-state index contributed by atoms with van der Waals surface area (Å²) in [4.78, 5) is 0. The Kier molecular flexibility index (Phi) is 8.60. The van der Waals surface area contributed by atoms with Crippen LogP contribution in [0, 0.1) is 0 Å². The van der Waals surface area contributed by atoms with Gasteiger partial charge in [0.15, 0.2) is 0 Å². The lowest BCUT2D eigenvalue weighted by molar-refractivity contribution is 0.127. The normalized spacial score (nSPS) is 11.6. The largest absolute Gasteiger partial charge is 0.572 e. The minimum absolute atomic E-state index is 0.619. The molecule has 0 unspecified atom stereocenters. The molecule has 0 spiro atoms. The average molecular weight is 236 g/mol. The summed E-state index contributed by atoms with van der Waals surface area (Å²) in [6.45, 7) is 6.39. The molecule has 0 N–H and O–H groups in total. The second-order valence-corrected chi connectivity index (χ2v) is 7.85. The Morgan fingerprint density at radius 2 is 2.00 bits per heavy atom. The van der Waals surface area contributed by atoms with Crippen molar-refractivity contribution in [2.45, 2.75) is 19.8 Å². The second-order valence-electron chi connectivity index (χ2n) is 2.68. The van der Waals surface area contributed by atoms with Crippen molar-refractivity contribution in [3.8, 4) is 0 Å². The molecule has 0 aromatic rings. The molecule has 0 saturated carbocycles. The van der Waals surface area contributed by atoms with Gasteiger partial charge in [0.2, 0.25) is 0 Å². The van der Waals surface area contributed by atoms with Crippen LogP contribution in [0.4, 0.5) is 0 Å². The summed E-state index contributed by atoms with van der Waals surface area (Å²) in [5, 5.41) is 0. The van der Waals surface area contributed by atoms with Gasteiger partial charge in [-0.2, -0.15) is 0 Å². The van der Waals surface area contributed by atoms with Crippen LogP contribution >= 0.6 is 11.2 Å². The van der Waals surface area contributed by atoms with Gasteiger partial charge >= 0.3 is 7.95 Å². The highest BCUT2D eigenvalue weighted by atomic mass is 32.4. The van der Waals surface area contributed by atoms with E-state index in [0.29, 0.717) is 6.61 Å². The van der Waals surface area contributed by atoms with E-state index in [0.717, 1.165) is 18.6 Å². The molecule has 0 aliphatic heterocycles. The molecule has 3 nitrogen and oxygen atoms in total. The maximum absolute atomic E-state index is 5.66. The molecule has 14 heavy (non-hydrogen) atoms. The van der Waals surface area contributed by atoms with Crippen molar-refractivity contribution in [2.24, 2.45) is 0 Å². The van der Waals surface area contributed by atoms with Gasteiger partial charge in [0, 0.05) is 20.8 Å². The summed E-state index contributed by atoms with van der Waals surface area (Å²) in [5.41, 5.74) is 0. The topological polar surface area (TPSA) is 27.7 Å². The first-order valence-electron chi connectivity index (χ1n) is 4.73. The van der Waals surface area contributed by atoms with E-state index >= 15 is 0 Å². The van der Waals surface area contributed by atoms with Crippen molar-refractivity contribution >= 4 is 19.2 Å². The number of hydrogen-bond acceptors (Lipinski definition) is 4. The van der Waals surface area contributed by atoms with E-state index in [9.17, 15) is 0 Å². The molecule has 5 heteroatoms. The summed E-state index contributed by atoms with van der Waals surface area (Å²) in [5.74, 6) is 1.00. The molecular formula is C9H20O3SSi. The Hall–Kier alpha value is 0.187. The third-order valence-corrected chi connectivity index (χ3v) is 7.13. The van der Waals surface area contributed by atoms with E-state index < -0.39 is 7.95 Å². The van der Waals surface area contributed by atoms with E-state index in [-0.39, 0.29) is 0 Å². The minimum Gasteiger partial charge on any atom is -0.369 e. The third kappa shape index (κ3) is 5.16. The van der Waals surface area contributed by atoms with E-state index in [1.54, 1.807) is 25.4 Å². The first kappa shape index (κ1) is 14.2. The van der Waals surface area contributed by atoms with Crippen LogP contribution in [-0.2, 0) is 13.3 Å². The predicted octanol–water partition coefficient (Wildman–Crippen LogP) is 2.45. The SMILES string of the molecule is C=CCCO[Si](OC)(OC)SCCC. The fourth-order valence-electron chi connectivity index (χ4n) is 0.855. The van der Waals surface area contributed by atoms with Crippen molar-refractivity contribution in [3.63, 3.8) is 0 Å². The zero-order chi connectivity index (χ0) is 10.9. The quantitative estimate of drug-likeness (QED) is 0.349. The lowest BCUT2D eigenvalue weighted by Crippen LogP contribution is -2.41. The van der Waals surface area contributed by atoms with Crippen LogP contribution in [0.25, 0.3) is 0 Å². The van der Waals surface area contributed by atoms with Gasteiger partial charge in [-0.3, -0.25) is 0 Å². The van der Waals surface area contributed by atoms with E-state index in [1.807, 2.05) is 6.08 Å². The molecule has 0 aliphatic rings. The van der Waals surface area contributed by atoms with E-state index in [2.05, 4.69) is 13.5 Å². The highest BCUT2D eigenvalue weighted by Crippen LogP contribution is 2.23. The van der Waals surface area contributed by atoms with Crippen LogP contribution in [0.1, 0.15) is 19.8 Å². The smallest absolute Gasteiger partial charge is 0.369 e. The standard InChI is InChI=1S/C9H20O3SSi/c1-5-7-8-12-14(10-3,11-4)13-9-6-2/h5H,1,6-9H2,2-4H3. The summed E-state index contributed by atoms with van der Waals surface area (Å²) in [6, 6.07) is 0. The maximum atomic E-state index is 5.66. The minimum atomic E-state index is -2.43. The van der Waals surface area contributed by atoms with E-state index in [4.69, 9.17) is 13.3 Å². The van der Waals surface area contributed by atoms with Gasteiger partial charge in [0.1, 0.15) is 0 Å². The van der Waals surface area contributed by atoms with Gasteiger partial charge in [0.05, 0.1) is 0 Å². The molecule has 0 rings (SSSR count). The van der Waals surface area contributed by atoms with Gasteiger partial charge < -0.3 is 13.3 Å². The zero-order valence-electron chi connectivity index (χ0n) is 9.25. The molecule has 0 aromatic heterocycles. The molecule has 0 radical (unpaired) electrons. The van der Waals surface area contributed by atoms with Gasteiger partial charge in [-0.25, -0.2) is 0 Å². The summed E-state index contributed by atoms with van der Waals surface area (Å²) < 4.78 is 16.4. The monoisotopic (exact) mass is 236 g/mol. The molecule has 0 fully saturated rings. The molecule has 0 aromatic carbocycles. The van der Waals surface area contributed by atoms with Gasteiger partial charge in [0.25, 0.3) is 0 Å². The van der Waals surface area contributed by atoms with Crippen LogP contribution in [0.3, 0.4) is 0 Å². The molecule has 84 valence electrons. The fourth-order valence-corrected chi connectivity index (χ4v) is 4.97. The van der Waals surface area contributed by atoms with Crippen LogP contribution in [-0.4, -0.2) is 34.5 Å². The maximum Gasteiger partial charge on any atom is 0.572 e. The molecular weight excluding hydrogens is 216 g/mol. The van der Waals surface area contributed by atoms with Gasteiger partial charge in [-0.05, 0) is 18.6 Å². The molecule has 0 atom stereocenters. The lowest BCUT2D eigenvalue weighted by atomic mass is 10.5. The zero-order valence-corrected chi connectivity index (χ0v) is 11.1. The van der Waals surface area contributed by atoms with Crippen LogP contribution in [0.15, 0.2) is 12.7 Å². The lowest BCUT2D eigenvalue weighted by Gasteiger charge is -2.24. The number of hydrogen-bond donors (Lipinski definition) is 0. The Morgan fingerprint density at radius 1 is 1.36 bits per heavy atom. The molecule has 0 bridgehead atoms. The predicted molar refractivity (Wildman–Crippen MR) is 63.3 cm³/mol.